The third-order valence-electron chi connectivity index (χ3n) is 1.05. The van der Waals surface area contributed by atoms with Gasteiger partial charge in [-0.15, -0.1) is 0 Å². The molecule has 0 aliphatic rings. The van der Waals surface area contributed by atoms with Crippen molar-refractivity contribution in [3.63, 3.8) is 0 Å². The van der Waals surface area contributed by atoms with Gasteiger partial charge >= 0.3 is 0 Å². The molecule has 1 aromatic rings. The Hall–Kier alpha value is -0.970. The van der Waals surface area contributed by atoms with E-state index in [1.807, 2.05) is 0 Å². The van der Waals surface area contributed by atoms with Gasteiger partial charge in [-0.2, -0.15) is 0 Å². The summed E-state index contributed by atoms with van der Waals surface area (Å²) in [6.45, 7) is 0. The molecule has 6 heteroatoms. The van der Waals surface area contributed by atoms with Crippen LogP contribution in [0.1, 0.15) is 12.1 Å². The molecule has 11 heavy (non-hydrogen) atoms. The summed E-state index contributed by atoms with van der Waals surface area (Å²) in [6, 6.07) is 0. The van der Waals surface area contributed by atoms with Crippen LogP contribution in [0.4, 0.5) is 14.6 Å². The van der Waals surface area contributed by atoms with Gasteiger partial charge in [-0.25, -0.2) is 18.7 Å². The second-order valence-electron chi connectivity index (χ2n) is 1.76. The summed E-state index contributed by atoms with van der Waals surface area (Å²) in [6.07, 6.45) is -1.77. The predicted octanol–water partition coefficient (Wildman–Crippen LogP) is 1.65. The normalized spacial score (nSPS) is 10.5. The predicted molar refractivity (Wildman–Crippen MR) is 36.4 cm³/mol. The molecular weight excluding hydrogens is 176 g/mol. The molecule has 0 bridgehead atoms. The first-order valence-electron chi connectivity index (χ1n) is 2.67. The Labute approximate surface area is 66.2 Å². The number of anilines is 1. The van der Waals surface area contributed by atoms with E-state index in [2.05, 4.69) is 9.97 Å². The summed E-state index contributed by atoms with van der Waals surface area (Å²) in [5, 5.41) is -0.275. The molecule has 0 saturated heterocycles. The molecule has 1 aromatic heterocycles. The molecule has 2 N–H and O–H groups in total. The molecule has 60 valence electrons. The zero-order valence-electron chi connectivity index (χ0n) is 5.26. The van der Waals surface area contributed by atoms with Crippen molar-refractivity contribution in [1.82, 2.24) is 9.97 Å². The first-order valence-corrected chi connectivity index (χ1v) is 3.04. The minimum Gasteiger partial charge on any atom is -0.382 e. The van der Waals surface area contributed by atoms with Crippen LogP contribution in [0, 0.1) is 0 Å². The average molecular weight is 180 g/mol. The van der Waals surface area contributed by atoms with Crippen molar-refractivity contribution in [2.75, 3.05) is 5.73 Å². The van der Waals surface area contributed by atoms with Crippen molar-refractivity contribution in [2.45, 2.75) is 6.43 Å². The van der Waals surface area contributed by atoms with Crippen molar-refractivity contribution in [3.05, 3.63) is 17.0 Å². The standard InChI is InChI=1S/C5H4ClF2N3/c6-2-3(4(7)8)10-1-11-5(2)9/h1,4H,(H2,9,10,11). The summed E-state index contributed by atoms with van der Waals surface area (Å²) in [5.74, 6) is -0.128. The van der Waals surface area contributed by atoms with Gasteiger partial charge in [0.15, 0.2) is 0 Å². The van der Waals surface area contributed by atoms with Gasteiger partial charge in [0.05, 0.1) is 0 Å². The summed E-state index contributed by atoms with van der Waals surface area (Å²) in [4.78, 5) is 6.69. The quantitative estimate of drug-likeness (QED) is 0.713. The molecule has 0 spiro atoms. The van der Waals surface area contributed by atoms with Crippen molar-refractivity contribution >= 4 is 17.4 Å². The maximum atomic E-state index is 12.0. The Morgan fingerprint density at radius 1 is 1.45 bits per heavy atom. The van der Waals surface area contributed by atoms with Gasteiger partial charge < -0.3 is 5.73 Å². The highest BCUT2D eigenvalue weighted by Gasteiger charge is 2.15. The molecule has 0 radical (unpaired) electrons. The molecule has 0 aliphatic heterocycles. The number of hydrogen-bond donors (Lipinski definition) is 1. The highest BCUT2D eigenvalue weighted by molar-refractivity contribution is 6.33. The number of nitrogens with two attached hydrogens (primary N) is 1. The highest BCUT2D eigenvalue weighted by Crippen LogP contribution is 2.27. The summed E-state index contributed by atoms with van der Waals surface area (Å²) >= 11 is 5.36. The molecule has 0 saturated carbocycles. The number of halogens is 3. The molecule has 0 aromatic carbocycles. The Morgan fingerprint density at radius 2 is 2.09 bits per heavy atom. The Balaban J connectivity index is 3.17. The van der Waals surface area contributed by atoms with Crippen LogP contribution in [-0.2, 0) is 0 Å². The fourth-order valence-electron chi connectivity index (χ4n) is 0.550. The maximum Gasteiger partial charge on any atom is 0.282 e. The lowest BCUT2D eigenvalue weighted by Crippen LogP contribution is -1.98. The van der Waals surface area contributed by atoms with Gasteiger partial charge in [0.2, 0.25) is 0 Å². The van der Waals surface area contributed by atoms with Crippen LogP contribution in [0.25, 0.3) is 0 Å². The average Bonchev–Trinajstić information content (AvgIpc) is 1.94. The van der Waals surface area contributed by atoms with E-state index in [1.165, 1.54) is 0 Å². The number of aromatic nitrogens is 2. The molecular formula is C5H4ClF2N3. The summed E-state index contributed by atoms with van der Waals surface area (Å²) in [5.41, 5.74) is 4.61. The van der Waals surface area contributed by atoms with Crippen LogP contribution < -0.4 is 5.73 Å². The van der Waals surface area contributed by atoms with E-state index in [0.29, 0.717) is 0 Å². The number of alkyl halides is 2. The van der Waals surface area contributed by atoms with Crippen LogP contribution in [-0.4, -0.2) is 9.97 Å². The monoisotopic (exact) mass is 179 g/mol. The van der Waals surface area contributed by atoms with Crippen molar-refractivity contribution in [1.29, 1.82) is 0 Å². The highest BCUT2D eigenvalue weighted by atomic mass is 35.5. The first-order chi connectivity index (χ1) is 5.13. The van der Waals surface area contributed by atoms with E-state index in [9.17, 15) is 8.78 Å². The molecule has 0 amide bonds. The lowest BCUT2D eigenvalue weighted by atomic mass is 10.4. The van der Waals surface area contributed by atoms with Crippen LogP contribution in [0.3, 0.4) is 0 Å². The molecule has 3 nitrogen and oxygen atoms in total. The van der Waals surface area contributed by atoms with Gasteiger partial charge in [-0.05, 0) is 0 Å². The van der Waals surface area contributed by atoms with E-state index in [1.54, 1.807) is 0 Å². The second-order valence-corrected chi connectivity index (χ2v) is 2.14. The van der Waals surface area contributed by atoms with Gasteiger partial charge in [0.25, 0.3) is 6.43 Å². The van der Waals surface area contributed by atoms with Crippen LogP contribution in [0.5, 0.6) is 0 Å². The van der Waals surface area contributed by atoms with Gasteiger partial charge in [-0.1, -0.05) is 11.6 Å². The minimum absolute atomic E-state index is 0.128. The smallest absolute Gasteiger partial charge is 0.282 e. The first kappa shape index (κ1) is 8.13. The fourth-order valence-corrected chi connectivity index (χ4v) is 0.730. The largest absolute Gasteiger partial charge is 0.382 e. The van der Waals surface area contributed by atoms with Crippen molar-refractivity contribution < 1.29 is 8.78 Å². The van der Waals surface area contributed by atoms with E-state index in [0.717, 1.165) is 6.33 Å². The number of nitrogens with zero attached hydrogens (tertiary/aromatic N) is 2. The van der Waals surface area contributed by atoms with E-state index >= 15 is 0 Å². The zero-order chi connectivity index (χ0) is 8.43. The van der Waals surface area contributed by atoms with E-state index < -0.39 is 12.1 Å². The van der Waals surface area contributed by atoms with Crippen LogP contribution in [0.15, 0.2) is 6.33 Å². The third-order valence-corrected chi connectivity index (χ3v) is 1.44. The SMILES string of the molecule is Nc1ncnc(C(F)F)c1Cl. The van der Waals surface area contributed by atoms with Gasteiger partial charge in [0.1, 0.15) is 22.9 Å². The summed E-state index contributed by atoms with van der Waals surface area (Å²) in [7, 11) is 0. The lowest BCUT2D eigenvalue weighted by Gasteiger charge is -2.01. The maximum absolute atomic E-state index is 12.0. The van der Waals surface area contributed by atoms with Crippen molar-refractivity contribution in [2.24, 2.45) is 0 Å². The Bertz CT molecular complexity index is 266. The molecule has 0 fully saturated rings. The van der Waals surface area contributed by atoms with Crippen LogP contribution >= 0.6 is 11.6 Å². The zero-order valence-corrected chi connectivity index (χ0v) is 6.02. The molecule has 0 unspecified atom stereocenters. The fraction of sp³-hybridized carbons (Fsp3) is 0.200. The van der Waals surface area contributed by atoms with E-state index in [4.69, 9.17) is 17.3 Å². The Morgan fingerprint density at radius 3 is 2.55 bits per heavy atom. The Kier molecular flexibility index (Phi) is 2.19. The topological polar surface area (TPSA) is 51.8 Å². The molecule has 1 heterocycles. The third kappa shape index (κ3) is 1.54. The van der Waals surface area contributed by atoms with Gasteiger partial charge in [0, 0.05) is 0 Å². The second kappa shape index (κ2) is 2.96. The number of rotatable bonds is 1. The van der Waals surface area contributed by atoms with E-state index in [-0.39, 0.29) is 10.8 Å². The summed E-state index contributed by atoms with van der Waals surface area (Å²) < 4.78 is 24.0. The molecule has 1 rings (SSSR count). The lowest BCUT2D eigenvalue weighted by molar-refractivity contribution is 0.146. The molecule has 0 atom stereocenters. The number of nitrogen functional groups attached to an aromatic ring is 1. The van der Waals surface area contributed by atoms with Gasteiger partial charge in [-0.3, -0.25) is 0 Å². The minimum atomic E-state index is -2.72. The van der Waals surface area contributed by atoms with Crippen LogP contribution in [0.2, 0.25) is 5.02 Å². The molecule has 0 aliphatic carbocycles. The van der Waals surface area contributed by atoms with Crippen molar-refractivity contribution in [3.8, 4) is 0 Å². The number of hydrogen-bond acceptors (Lipinski definition) is 3.